The molecule has 7 nitrogen and oxygen atoms in total. The lowest BCUT2D eigenvalue weighted by atomic mass is 10.2. The fourth-order valence-corrected chi connectivity index (χ4v) is 1.46. The number of nitrogen functional groups attached to an aromatic ring is 1. The predicted molar refractivity (Wildman–Crippen MR) is 74.4 cm³/mol. The fraction of sp³-hybridized carbons (Fsp3) is 0.385. The van der Waals surface area contributed by atoms with Gasteiger partial charge in [0.15, 0.2) is 0 Å². The Bertz CT molecular complexity index is 477. The predicted octanol–water partition coefficient (Wildman–Crippen LogP) is -0.143. The Morgan fingerprint density at radius 2 is 2.05 bits per heavy atom. The van der Waals surface area contributed by atoms with E-state index < -0.39 is 0 Å². The van der Waals surface area contributed by atoms with Crippen LogP contribution in [0.3, 0.4) is 0 Å². The molecule has 0 aliphatic rings. The third-order valence-electron chi connectivity index (χ3n) is 2.56. The number of carbonyl (C=O) groups excluding carboxylic acids is 2. The third-order valence-corrected chi connectivity index (χ3v) is 2.56. The summed E-state index contributed by atoms with van der Waals surface area (Å²) in [6, 6.07) is 4.23. The summed E-state index contributed by atoms with van der Waals surface area (Å²) < 4.78 is 4.80. The van der Waals surface area contributed by atoms with Gasteiger partial charge >= 0.3 is 0 Å². The van der Waals surface area contributed by atoms with Crippen LogP contribution in [0.2, 0.25) is 0 Å². The van der Waals surface area contributed by atoms with Gasteiger partial charge in [0.25, 0.3) is 5.91 Å². The summed E-state index contributed by atoms with van der Waals surface area (Å²) >= 11 is 0. The fourth-order valence-electron chi connectivity index (χ4n) is 1.46. The van der Waals surface area contributed by atoms with Crippen LogP contribution in [-0.2, 0) is 9.53 Å². The Balaban J connectivity index is 2.32. The second-order valence-corrected chi connectivity index (χ2v) is 4.12. The number of hydrogen-bond donors (Lipinski definition) is 4. The van der Waals surface area contributed by atoms with Gasteiger partial charge in [-0.15, -0.1) is 0 Å². The Hall–Kier alpha value is -2.28. The van der Waals surface area contributed by atoms with Gasteiger partial charge in [0, 0.05) is 32.2 Å². The van der Waals surface area contributed by atoms with Gasteiger partial charge in [-0.05, 0) is 18.2 Å². The average molecular weight is 281 g/mol. The van der Waals surface area contributed by atoms with Gasteiger partial charge < -0.3 is 26.2 Å². The minimum atomic E-state index is -0.370. The molecule has 0 atom stereocenters. The molecule has 0 aromatic heterocycles. The second kappa shape index (κ2) is 8.00. The summed E-state index contributed by atoms with van der Waals surface area (Å²) in [5.41, 5.74) is 5.94. The van der Waals surface area contributed by atoms with E-state index in [4.69, 9.17) is 10.5 Å². The van der Waals surface area contributed by atoms with Crippen LogP contribution >= 0.6 is 0 Å². The van der Waals surface area contributed by atoms with Crippen LogP contribution in [0.15, 0.2) is 18.2 Å². The van der Waals surface area contributed by atoms with Gasteiger partial charge in [-0.2, -0.15) is 0 Å². The van der Waals surface area contributed by atoms with Gasteiger partial charge in [0.1, 0.15) is 5.75 Å². The normalized spacial score (nSPS) is 10.1. The van der Waals surface area contributed by atoms with Crippen molar-refractivity contribution in [2.24, 2.45) is 0 Å². The van der Waals surface area contributed by atoms with Gasteiger partial charge in [0.05, 0.1) is 12.3 Å². The maximum Gasteiger partial charge on any atom is 0.251 e. The van der Waals surface area contributed by atoms with E-state index in [1.54, 1.807) is 7.11 Å². The van der Waals surface area contributed by atoms with Crippen LogP contribution in [-0.4, -0.2) is 43.7 Å². The summed E-state index contributed by atoms with van der Waals surface area (Å²) in [5, 5.41) is 14.6. The van der Waals surface area contributed by atoms with Crippen molar-refractivity contribution in [2.45, 2.75) is 6.42 Å². The largest absolute Gasteiger partial charge is 0.506 e. The number of hydrogen-bond acceptors (Lipinski definition) is 5. The molecule has 7 heteroatoms. The maximum absolute atomic E-state index is 11.7. The molecule has 110 valence electrons. The number of ether oxygens (including phenoxy) is 1. The smallest absolute Gasteiger partial charge is 0.251 e. The van der Waals surface area contributed by atoms with Crippen molar-refractivity contribution in [3.05, 3.63) is 23.8 Å². The lowest BCUT2D eigenvalue weighted by Crippen LogP contribution is -2.32. The van der Waals surface area contributed by atoms with Crippen molar-refractivity contribution in [1.29, 1.82) is 0 Å². The van der Waals surface area contributed by atoms with Gasteiger partial charge in [-0.1, -0.05) is 0 Å². The van der Waals surface area contributed by atoms with E-state index in [-0.39, 0.29) is 41.8 Å². The van der Waals surface area contributed by atoms with Crippen LogP contribution < -0.4 is 16.4 Å². The number of carbonyl (C=O) groups is 2. The Kier molecular flexibility index (Phi) is 6.31. The molecule has 1 aromatic carbocycles. The van der Waals surface area contributed by atoms with E-state index in [2.05, 4.69) is 10.6 Å². The number of phenolic OH excluding ortho intramolecular Hbond substituents is 1. The molecule has 0 aliphatic heterocycles. The highest BCUT2D eigenvalue weighted by atomic mass is 16.5. The van der Waals surface area contributed by atoms with Crippen LogP contribution in [0, 0.1) is 0 Å². The van der Waals surface area contributed by atoms with Crippen molar-refractivity contribution in [3.8, 4) is 5.75 Å². The molecule has 20 heavy (non-hydrogen) atoms. The van der Waals surface area contributed by atoms with E-state index in [1.807, 2.05) is 0 Å². The summed E-state index contributed by atoms with van der Waals surface area (Å²) in [6.45, 7) is 1.10. The molecule has 5 N–H and O–H groups in total. The summed E-state index contributed by atoms with van der Waals surface area (Å²) in [6.07, 6.45) is 0.177. The number of nitrogens with two attached hydrogens (primary N) is 1. The average Bonchev–Trinajstić information content (AvgIpc) is 2.42. The topological polar surface area (TPSA) is 114 Å². The number of anilines is 1. The number of benzene rings is 1. The molecule has 0 saturated carbocycles. The minimum Gasteiger partial charge on any atom is -0.506 e. The number of amides is 2. The number of rotatable bonds is 7. The molecule has 0 aliphatic carbocycles. The molecule has 0 radical (unpaired) electrons. The summed E-state index contributed by atoms with van der Waals surface area (Å²) in [7, 11) is 1.55. The number of nitrogens with one attached hydrogen (secondary N) is 2. The number of aromatic hydroxyl groups is 1. The zero-order valence-electron chi connectivity index (χ0n) is 11.3. The van der Waals surface area contributed by atoms with Gasteiger partial charge in [0.2, 0.25) is 5.91 Å². The summed E-state index contributed by atoms with van der Waals surface area (Å²) in [5.74, 6) is -0.678. The molecule has 0 unspecified atom stereocenters. The van der Waals surface area contributed by atoms with Crippen molar-refractivity contribution >= 4 is 17.5 Å². The van der Waals surface area contributed by atoms with E-state index in [1.165, 1.54) is 18.2 Å². The number of methoxy groups -OCH3 is 1. The zero-order chi connectivity index (χ0) is 15.0. The molecule has 0 heterocycles. The zero-order valence-corrected chi connectivity index (χ0v) is 11.3. The maximum atomic E-state index is 11.7. The van der Waals surface area contributed by atoms with Crippen molar-refractivity contribution in [2.75, 3.05) is 32.5 Å². The second-order valence-electron chi connectivity index (χ2n) is 4.12. The highest BCUT2D eigenvalue weighted by Crippen LogP contribution is 2.20. The lowest BCUT2D eigenvalue weighted by molar-refractivity contribution is -0.121. The monoisotopic (exact) mass is 281 g/mol. The van der Waals surface area contributed by atoms with E-state index >= 15 is 0 Å². The molecular weight excluding hydrogens is 262 g/mol. The molecule has 2 amide bonds. The highest BCUT2D eigenvalue weighted by Gasteiger charge is 2.08. The van der Waals surface area contributed by atoms with Gasteiger partial charge in [-0.25, -0.2) is 0 Å². The van der Waals surface area contributed by atoms with E-state index in [0.29, 0.717) is 13.2 Å². The Morgan fingerprint density at radius 1 is 1.30 bits per heavy atom. The van der Waals surface area contributed by atoms with Crippen LogP contribution in [0.25, 0.3) is 0 Å². The van der Waals surface area contributed by atoms with Crippen LogP contribution in [0.1, 0.15) is 16.8 Å². The molecule has 1 aromatic rings. The standard InChI is InChI=1S/C13H19N3O4/c1-20-7-6-15-12(18)4-5-16-13(19)9-2-3-10(14)11(17)8-9/h2-3,8,17H,4-7,14H2,1H3,(H,15,18)(H,16,19). The molecular formula is C13H19N3O4. The van der Waals surface area contributed by atoms with E-state index in [0.717, 1.165) is 0 Å². The molecule has 0 saturated heterocycles. The first-order chi connectivity index (χ1) is 9.54. The van der Waals surface area contributed by atoms with Gasteiger partial charge in [-0.3, -0.25) is 9.59 Å². The molecule has 0 spiro atoms. The van der Waals surface area contributed by atoms with Crippen LogP contribution in [0.4, 0.5) is 5.69 Å². The highest BCUT2D eigenvalue weighted by molar-refractivity contribution is 5.95. The first kappa shape index (κ1) is 15.8. The lowest BCUT2D eigenvalue weighted by Gasteiger charge is -2.07. The number of phenols is 1. The van der Waals surface area contributed by atoms with E-state index in [9.17, 15) is 14.7 Å². The molecule has 0 bridgehead atoms. The van der Waals surface area contributed by atoms with Crippen molar-refractivity contribution in [1.82, 2.24) is 10.6 Å². The first-order valence-electron chi connectivity index (χ1n) is 6.17. The Labute approximate surface area is 117 Å². The SMILES string of the molecule is COCCNC(=O)CCNC(=O)c1ccc(N)c(O)c1. The molecule has 1 rings (SSSR count). The summed E-state index contributed by atoms with van der Waals surface area (Å²) in [4.78, 5) is 23.1. The van der Waals surface area contributed by atoms with Crippen LogP contribution in [0.5, 0.6) is 5.75 Å². The Morgan fingerprint density at radius 3 is 2.70 bits per heavy atom. The van der Waals surface area contributed by atoms with Crippen molar-refractivity contribution in [3.63, 3.8) is 0 Å². The minimum absolute atomic E-state index is 0.144. The third kappa shape index (κ3) is 5.15. The first-order valence-corrected chi connectivity index (χ1v) is 6.17. The molecule has 0 fully saturated rings. The quantitative estimate of drug-likeness (QED) is 0.315. The van der Waals surface area contributed by atoms with Crippen molar-refractivity contribution < 1.29 is 19.4 Å².